The van der Waals surface area contributed by atoms with E-state index in [4.69, 9.17) is 4.74 Å². The van der Waals surface area contributed by atoms with Crippen LogP contribution in [0, 0.1) is 5.82 Å². The number of aromatic hydroxyl groups is 1. The van der Waals surface area contributed by atoms with Crippen LogP contribution in [0.15, 0.2) is 60.9 Å². The van der Waals surface area contributed by atoms with Crippen LogP contribution < -0.4 is 9.64 Å². The van der Waals surface area contributed by atoms with E-state index in [9.17, 15) is 14.3 Å². The van der Waals surface area contributed by atoms with Crippen LogP contribution in [-0.2, 0) is 4.79 Å². The summed E-state index contributed by atoms with van der Waals surface area (Å²) in [5.41, 5.74) is 1.36. The Morgan fingerprint density at radius 3 is 2.41 bits per heavy atom. The molecule has 0 bridgehead atoms. The van der Waals surface area contributed by atoms with Crippen molar-refractivity contribution in [2.75, 3.05) is 38.2 Å². The molecule has 4 rings (SSSR count). The highest BCUT2D eigenvalue weighted by Gasteiger charge is 2.25. The second-order valence-corrected chi connectivity index (χ2v) is 7.32. The first-order chi connectivity index (χ1) is 15.5. The highest BCUT2D eigenvalue weighted by atomic mass is 19.1. The van der Waals surface area contributed by atoms with E-state index in [1.165, 1.54) is 25.3 Å². The highest BCUT2D eigenvalue weighted by Crippen LogP contribution is 2.29. The normalized spacial score (nSPS) is 14.4. The number of amides is 1. The Kier molecular flexibility index (Phi) is 6.30. The van der Waals surface area contributed by atoms with E-state index in [0.29, 0.717) is 54.6 Å². The lowest BCUT2D eigenvalue weighted by atomic mass is 10.00. The number of nitrogens with zero attached hydrogens (tertiary/aromatic N) is 4. The van der Waals surface area contributed by atoms with E-state index in [1.54, 1.807) is 53.7 Å². The van der Waals surface area contributed by atoms with E-state index >= 15 is 0 Å². The zero-order valence-electron chi connectivity index (χ0n) is 17.6. The molecule has 0 saturated carbocycles. The molecule has 7 nitrogen and oxygen atoms in total. The number of rotatable bonds is 5. The van der Waals surface area contributed by atoms with Gasteiger partial charge in [-0.1, -0.05) is 12.1 Å². The molecule has 1 N–H and O–H groups in total. The Balaban J connectivity index is 1.62. The minimum absolute atomic E-state index is 0.0178. The SMILES string of the molecule is COc1ccc(O)c(/C=C(/C(=O)N2CCN(c3ncccn3)CC2)c2ccc(F)cc2)c1. The van der Waals surface area contributed by atoms with E-state index in [1.807, 2.05) is 4.90 Å². The summed E-state index contributed by atoms with van der Waals surface area (Å²) < 4.78 is 18.8. The molecule has 8 heteroatoms. The Hall–Kier alpha value is -3.94. The third kappa shape index (κ3) is 4.69. The fourth-order valence-corrected chi connectivity index (χ4v) is 3.56. The summed E-state index contributed by atoms with van der Waals surface area (Å²) in [6.07, 6.45) is 4.99. The van der Waals surface area contributed by atoms with Gasteiger partial charge in [-0.3, -0.25) is 4.79 Å². The average Bonchev–Trinajstić information content (AvgIpc) is 2.84. The van der Waals surface area contributed by atoms with Crippen LogP contribution in [0.25, 0.3) is 11.6 Å². The number of carbonyl (C=O) groups is 1. The molecule has 1 saturated heterocycles. The minimum Gasteiger partial charge on any atom is -0.507 e. The zero-order chi connectivity index (χ0) is 22.5. The van der Waals surface area contributed by atoms with Crippen molar-refractivity contribution in [2.45, 2.75) is 0 Å². The molecule has 1 aliphatic rings. The number of carbonyl (C=O) groups excluding carboxylic acids is 1. The smallest absolute Gasteiger partial charge is 0.254 e. The number of halogens is 1. The number of aromatic nitrogens is 2. The van der Waals surface area contributed by atoms with Gasteiger partial charge in [0.25, 0.3) is 5.91 Å². The van der Waals surface area contributed by atoms with Crippen molar-refractivity contribution >= 4 is 23.5 Å². The Morgan fingerprint density at radius 1 is 1.06 bits per heavy atom. The first-order valence-electron chi connectivity index (χ1n) is 10.2. The maximum Gasteiger partial charge on any atom is 0.254 e. The molecule has 3 aromatic rings. The number of phenols is 1. The fraction of sp³-hybridized carbons (Fsp3) is 0.208. The topological polar surface area (TPSA) is 78.8 Å². The molecule has 1 fully saturated rings. The molecular weight excluding hydrogens is 411 g/mol. The number of methoxy groups -OCH3 is 1. The van der Waals surface area contributed by atoms with Gasteiger partial charge in [-0.05, 0) is 48.0 Å². The van der Waals surface area contributed by atoms with Crippen molar-refractivity contribution in [3.63, 3.8) is 0 Å². The molecule has 1 amide bonds. The summed E-state index contributed by atoms with van der Waals surface area (Å²) in [4.78, 5) is 25.8. The number of benzene rings is 2. The average molecular weight is 434 g/mol. The zero-order valence-corrected chi connectivity index (χ0v) is 17.6. The second-order valence-electron chi connectivity index (χ2n) is 7.32. The van der Waals surface area contributed by atoms with E-state index in [0.717, 1.165) is 0 Å². The molecule has 2 heterocycles. The lowest BCUT2D eigenvalue weighted by molar-refractivity contribution is -0.125. The third-order valence-corrected chi connectivity index (χ3v) is 5.32. The molecule has 0 atom stereocenters. The van der Waals surface area contributed by atoms with E-state index in [-0.39, 0.29) is 17.5 Å². The van der Waals surface area contributed by atoms with Crippen LogP contribution in [0.2, 0.25) is 0 Å². The largest absolute Gasteiger partial charge is 0.507 e. The first-order valence-corrected chi connectivity index (χ1v) is 10.2. The van der Waals surface area contributed by atoms with Gasteiger partial charge in [-0.15, -0.1) is 0 Å². The van der Waals surface area contributed by atoms with Gasteiger partial charge in [0, 0.05) is 49.7 Å². The number of hydrogen-bond donors (Lipinski definition) is 1. The van der Waals surface area contributed by atoms with Gasteiger partial charge in [-0.25, -0.2) is 14.4 Å². The maximum absolute atomic E-state index is 13.5. The van der Waals surface area contributed by atoms with Crippen molar-refractivity contribution in [1.82, 2.24) is 14.9 Å². The molecule has 164 valence electrons. The molecule has 2 aromatic carbocycles. The molecule has 1 aliphatic heterocycles. The predicted molar refractivity (Wildman–Crippen MR) is 120 cm³/mol. The maximum atomic E-state index is 13.5. The number of hydrogen-bond acceptors (Lipinski definition) is 6. The van der Waals surface area contributed by atoms with Gasteiger partial charge in [0.1, 0.15) is 17.3 Å². The van der Waals surface area contributed by atoms with Crippen LogP contribution >= 0.6 is 0 Å². The standard InChI is InChI=1S/C24H23FN4O3/c1-32-20-7-8-22(30)18(15-20)16-21(17-3-5-19(25)6-4-17)23(31)28-11-13-29(14-12-28)24-26-9-2-10-27-24/h2-10,15-16,30H,11-14H2,1H3/b21-16+. The molecule has 1 aromatic heterocycles. The van der Waals surface area contributed by atoms with Crippen LogP contribution in [0.5, 0.6) is 11.5 Å². The van der Waals surface area contributed by atoms with Crippen LogP contribution in [0.3, 0.4) is 0 Å². The number of phenolic OH excluding ortho intramolecular Hbond substituents is 1. The van der Waals surface area contributed by atoms with Crippen molar-refractivity contribution in [3.8, 4) is 11.5 Å². The second kappa shape index (κ2) is 9.47. The quantitative estimate of drug-likeness (QED) is 0.491. The van der Waals surface area contributed by atoms with Gasteiger partial charge < -0.3 is 19.6 Å². The first kappa shape index (κ1) is 21.3. The number of ether oxygens (including phenoxy) is 1. The Morgan fingerprint density at radius 2 is 1.75 bits per heavy atom. The molecule has 32 heavy (non-hydrogen) atoms. The van der Waals surface area contributed by atoms with Crippen LogP contribution in [-0.4, -0.2) is 59.2 Å². The third-order valence-electron chi connectivity index (χ3n) is 5.32. The summed E-state index contributed by atoms with van der Waals surface area (Å²) >= 11 is 0. The van der Waals surface area contributed by atoms with Gasteiger partial charge in [0.2, 0.25) is 5.95 Å². The van der Waals surface area contributed by atoms with E-state index < -0.39 is 0 Å². The van der Waals surface area contributed by atoms with Gasteiger partial charge in [0.05, 0.1) is 7.11 Å². The van der Waals surface area contributed by atoms with Crippen molar-refractivity contribution in [1.29, 1.82) is 0 Å². The predicted octanol–water partition coefficient (Wildman–Crippen LogP) is 3.22. The summed E-state index contributed by atoms with van der Waals surface area (Å²) in [5.74, 6) is 0.615. The van der Waals surface area contributed by atoms with Crippen LogP contribution in [0.4, 0.5) is 10.3 Å². The highest BCUT2D eigenvalue weighted by molar-refractivity contribution is 6.24. The van der Waals surface area contributed by atoms with Crippen molar-refractivity contribution in [3.05, 3.63) is 77.9 Å². The lowest BCUT2D eigenvalue weighted by Crippen LogP contribution is -2.49. The minimum atomic E-state index is -0.388. The monoisotopic (exact) mass is 434 g/mol. The summed E-state index contributed by atoms with van der Waals surface area (Å²) in [5, 5.41) is 10.3. The summed E-state index contributed by atoms with van der Waals surface area (Å²) in [6.45, 7) is 2.16. The molecule has 0 spiro atoms. The molecule has 0 unspecified atom stereocenters. The van der Waals surface area contributed by atoms with Crippen LogP contribution in [0.1, 0.15) is 11.1 Å². The summed E-state index contributed by atoms with van der Waals surface area (Å²) in [7, 11) is 1.53. The Bertz CT molecular complexity index is 1110. The lowest BCUT2D eigenvalue weighted by Gasteiger charge is -2.35. The number of piperazine rings is 1. The van der Waals surface area contributed by atoms with Gasteiger partial charge >= 0.3 is 0 Å². The van der Waals surface area contributed by atoms with Crippen molar-refractivity contribution in [2.24, 2.45) is 0 Å². The number of anilines is 1. The molecule has 0 aliphatic carbocycles. The molecule has 0 radical (unpaired) electrons. The Labute approximate surface area is 185 Å². The fourth-order valence-electron chi connectivity index (χ4n) is 3.56. The van der Waals surface area contributed by atoms with Gasteiger partial charge in [-0.2, -0.15) is 0 Å². The summed E-state index contributed by atoms with van der Waals surface area (Å²) in [6, 6.07) is 12.3. The van der Waals surface area contributed by atoms with Gasteiger partial charge in [0.15, 0.2) is 0 Å². The van der Waals surface area contributed by atoms with E-state index in [2.05, 4.69) is 9.97 Å². The van der Waals surface area contributed by atoms with Crippen molar-refractivity contribution < 1.29 is 19.0 Å². The molecular formula is C24H23FN4O3.